The van der Waals surface area contributed by atoms with Crippen LogP contribution in [0.5, 0.6) is 0 Å². The van der Waals surface area contributed by atoms with Gasteiger partial charge in [-0.25, -0.2) is 0 Å². The van der Waals surface area contributed by atoms with Gasteiger partial charge in [-0.2, -0.15) is 0 Å². The van der Waals surface area contributed by atoms with E-state index in [2.05, 4.69) is 16.1 Å². The Hall–Kier alpha value is -0.200. The molecular formula is C5H17N5. The second kappa shape index (κ2) is 8.80. The summed E-state index contributed by atoms with van der Waals surface area (Å²) >= 11 is 0. The summed E-state index contributed by atoms with van der Waals surface area (Å²) in [5, 5.41) is 6.07. The highest BCUT2D eigenvalue weighted by molar-refractivity contribution is 4.46. The van der Waals surface area contributed by atoms with Crippen molar-refractivity contribution >= 4 is 0 Å². The smallest absolute Gasteiger partial charge is 0.0464 e. The first-order valence-corrected chi connectivity index (χ1v) is 3.46. The van der Waals surface area contributed by atoms with Crippen molar-refractivity contribution in [3.05, 3.63) is 0 Å². The molecule has 0 amide bonds. The molecule has 5 nitrogen and oxygen atoms in total. The molecule has 0 aliphatic rings. The molecule has 0 radical (unpaired) electrons. The molecule has 0 heterocycles. The van der Waals surface area contributed by atoms with E-state index in [9.17, 15) is 0 Å². The predicted molar refractivity (Wildman–Crippen MR) is 41.9 cm³/mol. The van der Waals surface area contributed by atoms with Crippen molar-refractivity contribution in [2.45, 2.75) is 6.42 Å². The van der Waals surface area contributed by atoms with Gasteiger partial charge in [0.1, 0.15) is 0 Å². The number of hydrogen-bond donors (Lipinski definition) is 5. The fourth-order valence-corrected chi connectivity index (χ4v) is 0.564. The van der Waals surface area contributed by atoms with Crippen LogP contribution in [0.2, 0.25) is 0 Å². The van der Waals surface area contributed by atoms with Crippen LogP contribution < -0.4 is 27.6 Å². The summed E-state index contributed by atoms with van der Waals surface area (Å²) in [6, 6.07) is 0. The Kier molecular flexibility index (Phi) is 8.62. The number of hydrazine groups is 1. The van der Waals surface area contributed by atoms with Crippen LogP contribution in [0.4, 0.5) is 0 Å². The first-order valence-electron chi connectivity index (χ1n) is 3.46. The first kappa shape index (κ1) is 9.80. The van der Waals surface area contributed by atoms with Crippen molar-refractivity contribution in [2.75, 3.05) is 26.4 Å². The zero-order valence-electron chi connectivity index (χ0n) is 6.19. The molecule has 0 saturated heterocycles. The largest absolute Gasteiger partial charge is 0.318 e. The third kappa shape index (κ3) is 7.80. The van der Waals surface area contributed by atoms with Gasteiger partial charge in [0.15, 0.2) is 0 Å². The molecule has 0 fully saturated rings. The van der Waals surface area contributed by atoms with Gasteiger partial charge in [-0.05, 0) is 13.0 Å². The van der Waals surface area contributed by atoms with Crippen molar-refractivity contribution in [1.82, 2.24) is 16.1 Å². The van der Waals surface area contributed by atoms with E-state index in [0.717, 1.165) is 26.2 Å². The summed E-state index contributed by atoms with van der Waals surface area (Å²) in [7, 11) is 0. The second-order valence-electron chi connectivity index (χ2n) is 1.94. The SMILES string of the molecule is NCNCNCCCNN. The molecule has 0 aliphatic heterocycles. The van der Waals surface area contributed by atoms with Crippen LogP contribution in [0.1, 0.15) is 6.42 Å². The Bertz CT molecular complexity index is 50.0. The maximum atomic E-state index is 5.19. The highest BCUT2D eigenvalue weighted by Crippen LogP contribution is 1.67. The zero-order chi connectivity index (χ0) is 7.66. The van der Waals surface area contributed by atoms with Crippen LogP contribution >= 0.6 is 0 Å². The van der Waals surface area contributed by atoms with E-state index in [1.54, 1.807) is 0 Å². The maximum Gasteiger partial charge on any atom is 0.0464 e. The summed E-state index contributed by atoms with van der Waals surface area (Å²) in [6.45, 7) is 3.08. The van der Waals surface area contributed by atoms with Gasteiger partial charge in [-0.3, -0.25) is 16.6 Å². The number of nitrogens with one attached hydrogen (secondary N) is 3. The van der Waals surface area contributed by atoms with E-state index in [4.69, 9.17) is 11.6 Å². The highest BCUT2D eigenvalue weighted by Gasteiger charge is 1.83. The summed E-state index contributed by atoms with van der Waals surface area (Å²) in [5.41, 5.74) is 7.76. The molecule has 0 unspecified atom stereocenters. The van der Waals surface area contributed by atoms with Gasteiger partial charge in [0.2, 0.25) is 0 Å². The molecule has 0 aromatic heterocycles. The molecule has 0 rings (SSSR count). The van der Waals surface area contributed by atoms with Crippen molar-refractivity contribution in [1.29, 1.82) is 0 Å². The monoisotopic (exact) mass is 147 g/mol. The molecule has 0 saturated carbocycles. The average molecular weight is 147 g/mol. The molecule has 0 aliphatic carbocycles. The summed E-state index contributed by atoms with van der Waals surface area (Å²) in [5.74, 6) is 5.06. The Labute approximate surface area is 61.5 Å². The Balaban J connectivity index is 2.65. The van der Waals surface area contributed by atoms with E-state index in [1.807, 2.05) is 0 Å². The van der Waals surface area contributed by atoms with Crippen LogP contribution in [-0.4, -0.2) is 26.4 Å². The van der Waals surface area contributed by atoms with Crippen molar-refractivity contribution in [2.24, 2.45) is 11.6 Å². The van der Waals surface area contributed by atoms with E-state index in [0.29, 0.717) is 6.67 Å². The molecule has 0 aromatic rings. The van der Waals surface area contributed by atoms with Gasteiger partial charge in [0.25, 0.3) is 0 Å². The molecule has 0 atom stereocenters. The fraction of sp³-hybridized carbons (Fsp3) is 1.00. The van der Waals surface area contributed by atoms with Gasteiger partial charge >= 0.3 is 0 Å². The third-order valence-corrected chi connectivity index (χ3v) is 1.07. The topological polar surface area (TPSA) is 88.1 Å². The van der Waals surface area contributed by atoms with E-state index in [1.165, 1.54) is 0 Å². The number of hydrogen-bond acceptors (Lipinski definition) is 5. The van der Waals surface area contributed by atoms with Gasteiger partial charge < -0.3 is 11.1 Å². The normalized spacial score (nSPS) is 10.2. The van der Waals surface area contributed by atoms with Crippen LogP contribution in [-0.2, 0) is 0 Å². The lowest BCUT2D eigenvalue weighted by Crippen LogP contribution is -2.34. The number of nitrogens with two attached hydrogens (primary N) is 2. The summed E-state index contributed by atoms with van der Waals surface area (Å²) in [6.07, 6.45) is 1.03. The second-order valence-corrected chi connectivity index (χ2v) is 1.94. The molecule has 0 spiro atoms. The molecule has 0 aromatic carbocycles. The minimum absolute atomic E-state index is 0.516. The van der Waals surface area contributed by atoms with Gasteiger partial charge in [-0.1, -0.05) is 0 Å². The van der Waals surface area contributed by atoms with Crippen LogP contribution in [0, 0.1) is 0 Å². The molecule has 10 heavy (non-hydrogen) atoms. The van der Waals surface area contributed by atoms with Gasteiger partial charge in [0, 0.05) is 19.9 Å². The van der Waals surface area contributed by atoms with Crippen molar-refractivity contribution in [3.63, 3.8) is 0 Å². The van der Waals surface area contributed by atoms with Crippen molar-refractivity contribution in [3.8, 4) is 0 Å². The quantitative estimate of drug-likeness (QED) is 0.123. The van der Waals surface area contributed by atoms with Crippen LogP contribution in [0.15, 0.2) is 0 Å². The van der Waals surface area contributed by atoms with E-state index in [-0.39, 0.29) is 0 Å². The lowest BCUT2D eigenvalue weighted by molar-refractivity contribution is 0.561. The minimum Gasteiger partial charge on any atom is -0.318 e. The van der Waals surface area contributed by atoms with E-state index >= 15 is 0 Å². The molecule has 5 heteroatoms. The zero-order valence-corrected chi connectivity index (χ0v) is 6.19. The summed E-state index contributed by atoms with van der Waals surface area (Å²) in [4.78, 5) is 0. The Morgan fingerprint density at radius 1 is 1.10 bits per heavy atom. The third-order valence-electron chi connectivity index (χ3n) is 1.07. The average Bonchev–Trinajstić information content (AvgIpc) is 1.97. The number of rotatable bonds is 7. The molecule has 62 valence electrons. The van der Waals surface area contributed by atoms with Gasteiger partial charge in [-0.15, -0.1) is 0 Å². The fourth-order valence-electron chi connectivity index (χ4n) is 0.564. The first-order chi connectivity index (χ1) is 4.91. The van der Waals surface area contributed by atoms with Crippen LogP contribution in [0.25, 0.3) is 0 Å². The summed E-state index contributed by atoms with van der Waals surface area (Å²) < 4.78 is 0. The van der Waals surface area contributed by atoms with Crippen molar-refractivity contribution < 1.29 is 0 Å². The maximum absolute atomic E-state index is 5.19. The minimum atomic E-state index is 0.516. The standard InChI is InChI=1S/C5H17N5/c6-4-9-5-8-2-1-3-10-7/h8-10H,1-7H2. The van der Waals surface area contributed by atoms with Crippen LogP contribution in [0.3, 0.4) is 0 Å². The molecular weight excluding hydrogens is 130 g/mol. The van der Waals surface area contributed by atoms with Gasteiger partial charge in [0.05, 0.1) is 0 Å². The molecule has 0 bridgehead atoms. The lowest BCUT2D eigenvalue weighted by atomic mass is 10.4. The Morgan fingerprint density at radius 2 is 1.90 bits per heavy atom. The lowest BCUT2D eigenvalue weighted by Gasteiger charge is -2.03. The highest BCUT2D eigenvalue weighted by atomic mass is 15.2. The van der Waals surface area contributed by atoms with E-state index < -0.39 is 0 Å². The molecule has 7 N–H and O–H groups in total. The Morgan fingerprint density at radius 3 is 2.50 bits per heavy atom. The predicted octanol–water partition coefficient (Wildman–Crippen LogP) is -2.11.